The predicted octanol–water partition coefficient (Wildman–Crippen LogP) is 0.902. The zero-order chi connectivity index (χ0) is 25.3. The summed E-state index contributed by atoms with van der Waals surface area (Å²) in [5.41, 5.74) is 0.307. The number of H-pyrrole nitrogens is 1. The van der Waals surface area contributed by atoms with Gasteiger partial charge in [-0.05, 0) is 18.8 Å². The second-order valence-corrected chi connectivity index (χ2v) is 9.67. The highest BCUT2D eigenvalue weighted by Gasteiger charge is 2.41. The highest BCUT2D eigenvalue weighted by atomic mass is 16.6. The summed E-state index contributed by atoms with van der Waals surface area (Å²) >= 11 is 0. The molecule has 11 heteroatoms. The maximum Gasteiger partial charge on any atom is 0.330 e. The van der Waals surface area contributed by atoms with Crippen molar-refractivity contribution in [2.75, 3.05) is 13.3 Å². The SMILES string of the molecule is CCC1=CN(C2CC(O)C(COC3CC(n4cc(C(C)C)c(=O)[nH]c4=O)OC3CC)O2)CNC1=O. The van der Waals surface area contributed by atoms with Crippen molar-refractivity contribution in [2.24, 2.45) is 0 Å². The summed E-state index contributed by atoms with van der Waals surface area (Å²) in [6.45, 7) is 8.20. The van der Waals surface area contributed by atoms with Gasteiger partial charge in [0.05, 0.1) is 31.6 Å². The van der Waals surface area contributed by atoms with Gasteiger partial charge in [-0.15, -0.1) is 0 Å². The van der Waals surface area contributed by atoms with Gasteiger partial charge in [0.1, 0.15) is 18.6 Å². The minimum Gasteiger partial charge on any atom is -0.390 e. The molecule has 0 aromatic carbocycles. The maximum atomic E-state index is 12.5. The van der Waals surface area contributed by atoms with Crippen molar-refractivity contribution in [3.05, 3.63) is 44.4 Å². The first-order valence-corrected chi connectivity index (χ1v) is 12.4. The number of aromatic amines is 1. The zero-order valence-electron chi connectivity index (χ0n) is 20.7. The lowest BCUT2D eigenvalue weighted by atomic mass is 10.1. The van der Waals surface area contributed by atoms with E-state index in [4.69, 9.17) is 14.2 Å². The molecule has 2 fully saturated rings. The molecule has 0 spiro atoms. The Balaban J connectivity index is 1.39. The molecular weight excluding hydrogens is 456 g/mol. The van der Waals surface area contributed by atoms with Crippen LogP contribution in [0.25, 0.3) is 0 Å². The molecule has 3 aliphatic heterocycles. The van der Waals surface area contributed by atoms with Gasteiger partial charge in [-0.1, -0.05) is 27.7 Å². The fourth-order valence-electron chi connectivity index (χ4n) is 4.84. The molecule has 3 N–H and O–H groups in total. The number of hydrogen-bond acceptors (Lipinski definition) is 8. The van der Waals surface area contributed by atoms with Crippen molar-refractivity contribution in [1.82, 2.24) is 19.8 Å². The van der Waals surface area contributed by atoms with Gasteiger partial charge in [-0.2, -0.15) is 0 Å². The van der Waals surface area contributed by atoms with Crippen LogP contribution in [0.1, 0.15) is 71.1 Å². The smallest absolute Gasteiger partial charge is 0.330 e. The number of hydrogen-bond donors (Lipinski definition) is 3. The van der Waals surface area contributed by atoms with E-state index in [1.807, 2.05) is 32.6 Å². The number of aromatic nitrogens is 2. The van der Waals surface area contributed by atoms with Crippen molar-refractivity contribution in [3.63, 3.8) is 0 Å². The molecule has 4 rings (SSSR count). The zero-order valence-corrected chi connectivity index (χ0v) is 20.7. The third kappa shape index (κ3) is 5.37. The Bertz CT molecular complexity index is 1060. The van der Waals surface area contributed by atoms with Gasteiger partial charge in [0.15, 0.2) is 0 Å². The van der Waals surface area contributed by atoms with E-state index in [1.165, 1.54) is 4.57 Å². The van der Waals surface area contributed by atoms with E-state index in [1.54, 1.807) is 12.4 Å². The van der Waals surface area contributed by atoms with Crippen LogP contribution in [0.15, 0.2) is 27.6 Å². The lowest BCUT2D eigenvalue weighted by molar-refractivity contribution is -0.122. The fourth-order valence-corrected chi connectivity index (χ4v) is 4.84. The quantitative estimate of drug-likeness (QED) is 0.487. The minimum atomic E-state index is -0.704. The third-order valence-corrected chi connectivity index (χ3v) is 6.98. The average Bonchev–Trinajstić information content (AvgIpc) is 3.40. The Hall–Kier alpha value is -2.47. The molecule has 1 aromatic heterocycles. The molecule has 0 bridgehead atoms. The van der Waals surface area contributed by atoms with E-state index in [0.717, 1.165) is 0 Å². The Morgan fingerprint density at radius 3 is 2.57 bits per heavy atom. The third-order valence-electron chi connectivity index (χ3n) is 6.98. The average molecular weight is 493 g/mol. The highest BCUT2D eigenvalue weighted by molar-refractivity contribution is 5.93. The number of nitrogens with one attached hydrogen (secondary N) is 2. The molecule has 6 atom stereocenters. The maximum absolute atomic E-state index is 12.5. The van der Waals surface area contributed by atoms with Crippen LogP contribution in [0, 0.1) is 0 Å². The summed E-state index contributed by atoms with van der Waals surface area (Å²) in [5, 5.41) is 13.4. The predicted molar refractivity (Wildman–Crippen MR) is 126 cm³/mol. The minimum absolute atomic E-state index is 0.0357. The number of aliphatic hydroxyl groups excluding tert-OH is 1. The second kappa shape index (κ2) is 10.7. The standard InChI is InChI=1S/C24H36N4O7/c1-5-14-9-27(12-25-22(14)30)20-7-16(29)19(35-20)11-33-18-8-21(34-17(18)6-2)28-10-15(13(3)4)23(31)26-24(28)32/h9-10,13,16-21,29H,5-8,11-12H2,1-4H3,(H,25,30)(H,26,31,32). The van der Waals surface area contributed by atoms with Gasteiger partial charge in [-0.3, -0.25) is 19.1 Å². The van der Waals surface area contributed by atoms with Gasteiger partial charge in [0.25, 0.3) is 5.56 Å². The number of carbonyl (C=O) groups is 1. The summed E-state index contributed by atoms with van der Waals surface area (Å²) in [7, 11) is 0. The van der Waals surface area contributed by atoms with Crippen molar-refractivity contribution in [1.29, 1.82) is 0 Å². The molecule has 1 amide bonds. The van der Waals surface area contributed by atoms with Crippen LogP contribution < -0.4 is 16.6 Å². The largest absolute Gasteiger partial charge is 0.390 e. The second-order valence-electron chi connectivity index (χ2n) is 9.67. The molecule has 11 nitrogen and oxygen atoms in total. The molecule has 2 saturated heterocycles. The van der Waals surface area contributed by atoms with E-state index >= 15 is 0 Å². The van der Waals surface area contributed by atoms with Crippen molar-refractivity contribution < 1.29 is 24.1 Å². The van der Waals surface area contributed by atoms with E-state index in [2.05, 4.69) is 10.3 Å². The van der Waals surface area contributed by atoms with Gasteiger partial charge in [0.2, 0.25) is 5.91 Å². The topological polar surface area (TPSA) is 135 Å². The summed E-state index contributed by atoms with van der Waals surface area (Å²) < 4.78 is 19.8. The van der Waals surface area contributed by atoms with E-state index in [0.29, 0.717) is 43.5 Å². The lowest BCUT2D eigenvalue weighted by Gasteiger charge is -2.31. The molecule has 6 unspecified atom stereocenters. The normalized spacial score (nSPS) is 31.2. The van der Waals surface area contributed by atoms with Crippen molar-refractivity contribution >= 4 is 5.91 Å². The highest BCUT2D eigenvalue weighted by Crippen LogP contribution is 2.33. The Morgan fingerprint density at radius 1 is 1.14 bits per heavy atom. The van der Waals surface area contributed by atoms with Gasteiger partial charge >= 0.3 is 5.69 Å². The first-order chi connectivity index (χ1) is 16.7. The molecule has 0 radical (unpaired) electrons. The van der Waals surface area contributed by atoms with Crippen LogP contribution >= 0.6 is 0 Å². The van der Waals surface area contributed by atoms with Crippen LogP contribution in [0.4, 0.5) is 0 Å². The van der Waals surface area contributed by atoms with Gasteiger partial charge < -0.3 is 29.5 Å². The summed E-state index contributed by atoms with van der Waals surface area (Å²) in [4.78, 5) is 40.7. The Kier molecular flexibility index (Phi) is 7.80. The summed E-state index contributed by atoms with van der Waals surface area (Å²) in [6, 6.07) is 0. The number of ether oxygens (including phenoxy) is 3. The number of carbonyl (C=O) groups excluding carboxylic acids is 1. The van der Waals surface area contributed by atoms with Gasteiger partial charge in [0, 0.05) is 36.4 Å². The fraction of sp³-hybridized carbons (Fsp3) is 0.708. The number of aliphatic hydroxyl groups is 1. The van der Waals surface area contributed by atoms with Crippen molar-refractivity contribution in [3.8, 4) is 0 Å². The first kappa shape index (κ1) is 25.6. The van der Waals surface area contributed by atoms with Gasteiger partial charge in [-0.25, -0.2) is 4.79 Å². The van der Waals surface area contributed by atoms with Crippen LogP contribution in [-0.4, -0.2) is 69.4 Å². The number of nitrogens with zero attached hydrogens (tertiary/aromatic N) is 2. The van der Waals surface area contributed by atoms with E-state index in [-0.39, 0.29) is 42.4 Å². The monoisotopic (exact) mass is 492 g/mol. The molecular formula is C24H36N4O7. The van der Waals surface area contributed by atoms with Crippen LogP contribution in [0.2, 0.25) is 0 Å². The number of amides is 1. The molecule has 0 saturated carbocycles. The first-order valence-electron chi connectivity index (χ1n) is 12.4. The molecule has 1 aromatic rings. The molecule has 3 aliphatic rings. The lowest BCUT2D eigenvalue weighted by Crippen LogP contribution is -2.45. The van der Waals surface area contributed by atoms with E-state index in [9.17, 15) is 19.5 Å². The van der Waals surface area contributed by atoms with Crippen LogP contribution in [0.5, 0.6) is 0 Å². The van der Waals surface area contributed by atoms with Crippen LogP contribution in [0.3, 0.4) is 0 Å². The Morgan fingerprint density at radius 2 is 1.89 bits per heavy atom. The molecule has 35 heavy (non-hydrogen) atoms. The number of rotatable bonds is 8. The summed E-state index contributed by atoms with van der Waals surface area (Å²) in [6.07, 6.45) is 2.87. The van der Waals surface area contributed by atoms with Crippen molar-refractivity contribution in [2.45, 2.75) is 96.2 Å². The molecule has 194 valence electrons. The molecule has 0 aliphatic carbocycles. The summed E-state index contributed by atoms with van der Waals surface area (Å²) in [5.74, 6) is -0.114. The molecule has 4 heterocycles. The Labute approximate surface area is 204 Å². The van der Waals surface area contributed by atoms with E-state index < -0.39 is 24.1 Å². The van der Waals surface area contributed by atoms with Crippen LogP contribution in [-0.2, 0) is 19.0 Å².